The summed E-state index contributed by atoms with van der Waals surface area (Å²) >= 11 is 16.6. The van der Waals surface area contributed by atoms with Crippen LogP contribution in [0.4, 0.5) is 0 Å². The minimum atomic E-state index is -0.435. The summed E-state index contributed by atoms with van der Waals surface area (Å²) in [6, 6.07) is 4.87. The van der Waals surface area contributed by atoms with Gasteiger partial charge in [0.15, 0.2) is 0 Å². The summed E-state index contributed by atoms with van der Waals surface area (Å²) in [5, 5.41) is 0.519. The molecule has 0 heterocycles. The van der Waals surface area contributed by atoms with Gasteiger partial charge < -0.3 is 4.74 Å². The lowest BCUT2D eigenvalue weighted by molar-refractivity contribution is -0.112. The first kappa shape index (κ1) is 11.6. The quantitative estimate of drug-likeness (QED) is 0.767. The van der Waals surface area contributed by atoms with E-state index in [0.29, 0.717) is 15.8 Å². The third-order valence-electron chi connectivity index (χ3n) is 1.45. The van der Waals surface area contributed by atoms with Crippen LogP contribution in [0.5, 0.6) is 5.75 Å². The molecule has 0 saturated carbocycles. The molecule has 0 aliphatic heterocycles. The van der Waals surface area contributed by atoms with Gasteiger partial charge in [-0.15, -0.1) is 0 Å². The number of carbonyl (C=O) groups excluding carboxylic acids is 1. The number of halogens is 3. The van der Waals surface area contributed by atoms with E-state index in [1.807, 2.05) is 0 Å². The van der Waals surface area contributed by atoms with E-state index in [4.69, 9.17) is 39.5 Å². The third kappa shape index (κ3) is 3.74. The molecule has 0 unspecified atom stereocenters. The normalized spacial score (nSPS) is 9.93. The van der Waals surface area contributed by atoms with E-state index in [1.54, 1.807) is 18.2 Å². The van der Waals surface area contributed by atoms with Gasteiger partial charge in [-0.1, -0.05) is 23.2 Å². The van der Waals surface area contributed by atoms with E-state index in [1.165, 1.54) is 0 Å². The molecule has 1 aromatic rings. The monoisotopic (exact) mass is 252 g/mol. The fourth-order valence-electron chi connectivity index (χ4n) is 0.833. The Bertz CT molecular complexity index is 339. The molecular formula is C9H7Cl3O2. The second-order valence-corrected chi connectivity index (χ2v) is 3.79. The second kappa shape index (κ2) is 5.44. The smallest absolute Gasteiger partial charge is 0.225 e. The molecule has 0 saturated heterocycles. The van der Waals surface area contributed by atoms with Gasteiger partial charge in [0, 0.05) is 5.02 Å². The van der Waals surface area contributed by atoms with Gasteiger partial charge in [0.25, 0.3) is 0 Å². The number of carbonyl (C=O) groups is 1. The fraction of sp³-hybridized carbons (Fsp3) is 0.222. The van der Waals surface area contributed by atoms with Crippen LogP contribution in [0.2, 0.25) is 10.0 Å². The Morgan fingerprint density at radius 1 is 1.36 bits per heavy atom. The van der Waals surface area contributed by atoms with Crippen LogP contribution in [0.3, 0.4) is 0 Å². The summed E-state index contributed by atoms with van der Waals surface area (Å²) in [4.78, 5) is 10.4. The maximum atomic E-state index is 10.4. The molecule has 0 amide bonds. The van der Waals surface area contributed by atoms with Crippen molar-refractivity contribution >= 4 is 40.0 Å². The highest BCUT2D eigenvalue weighted by Crippen LogP contribution is 2.27. The first-order valence-corrected chi connectivity index (χ1v) is 4.99. The summed E-state index contributed by atoms with van der Waals surface area (Å²) in [7, 11) is 0. The molecule has 0 N–H and O–H groups in total. The number of hydrogen-bond acceptors (Lipinski definition) is 2. The molecule has 0 aromatic heterocycles. The molecule has 0 aliphatic rings. The first-order valence-electron chi connectivity index (χ1n) is 3.86. The number of hydrogen-bond donors (Lipinski definition) is 0. The summed E-state index contributed by atoms with van der Waals surface area (Å²) in [6.45, 7) is 0.212. The van der Waals surface area contributed by atoms with Gasteiger partial charge in [0.2, 0.25) is 5.24 Å². The predicted molar refractivity (Wildman–Crippen MR) is 57.4 cm³/mol. The molecule has 1 aromatic carbocycles. The molecule has 0 bridgehead atoms. The van der Waals surface area contributed by atoms with Gasteiger partial charge in [-0.05, 0) is 29.8 Å². The van der Waals surface area contributed by atoms with Crippen molar-refractivity contribution in [2.75, 3.05) is 6.61 Å². The van der Waals surface area contributed by atoms with Crippen molar-refractivity contribution in [3.05, 3.63) is 28.2 Å². The topological polar surface area (TPSA) is 26.3 Å². The molecule has 0 aliphatic carbocycles. The van der Waals surface area contributed by atoms with Gasteiger partial charge in [0.05, 0.1) is 18.1 Å². The molecule has 5 heteroatoms. The summed E-state index contributed by atoms with van der Waals surface area (Å²) in [5.41, 5.74) is 0. The molecule has 0 fully saturated rings. The van der Waals surface area contributed by atoms with E-state index >= 15 is 0 Å². The van der Waals surface area contributed by atoms with E-state index < -0.39 is 5.24 Å². The van der Waals surface area contributed by atoms with Crippen molar-refractivity contribution in [3.63, 3.8) is 0 Å². The SMILES string of the molecule is O=C(Cl)CCOc1ccc(Cl)cc1Cl. The highest BCUT2D eigenvalue weighted by molar-refractivity contribution is 6.63. The van der Waals surface area contributed by atoms with Crippen LogP contribution >= 0.6 is 34.8 Å². The molecule has 0 atom stereocenters. The predicted octanol–water partition coefficient (Wildman–Crippen LogP) is 3.53. The maximum absolute atomic E-state index is 10.4. The zero-order valence-electron chi connectivity index (χ0n) is 7.10. The summed E-state index contributed by atoms with van der Waals surface area (Å²) in [6.07, 6.45) is 0.153. The summed E-state index contributed by atoms with van der Waals surface area (Å²) in [5.74, 6) is 0.494. The van der Waals surface area contributed by atoms with Gasteiger partial charge >= 0.3 is 0 Å². The van der Waals surface area contributed by atoms with Crippen molar-refractivity contribution in [2.45, 2.75) is 6.42 Å². The van der Waals surface area contributed by atoms with Crippen LogP contribution < -0.4 is 4.74 Å². The third-order valence-corrected chi connectivity index (χ3v) is 2.17. The molecule has 1 rings (SSSR count). The van der Waals surface area contributed by atoms with Crippen LogP contribution in [0, 0.1) is 0 Å². The summed E-state index contributed by atoms with van der Waals surface area (Å²) < 4.78 is 5.21. The molecular weight excluding hydrogens is 246 g/mol. The van der Waals surface area contributed by atoms with Gasteiger partial charge in [-0.2, -0.15) is 0 Å². The molecule has 0 radical (unpaired) electrons. The number of ether oxygens (including phenoxy) is 1. The van der Waals surface area contributed by atoms with Crippen molar-refractivity contribution in [3.8, 4) is 5.75 Å². The van der Waals surface area contributed by atoms with Crippen molar-refractivity contribution in [2.24, 2.45) is 0 Å². The Kier molecular flexibility index (Phi) is 4.52. The Morgan fingerprint density at radius 3 is 2.64 bits per heavy atom. The average molecular weight is 254 g/mol. The number of rotatable bonds is 4. The van der Waals surface area contributed by atoms with Crippen molar-refractivity contribution < 1.29 is 9.53 Å². The minimum Gasteiger partial charge on any atom is -0.492 e. The van der Waals surface area contributed by atoms with Crippen LogP contribution in [0.1, 0.15) is 6.42 Å². The van der Waals surface area contributed by atoms with Crippen LogP contribution in [-0.2, 0) is 4.79 Å². The average Bonchev–Trinajstić information content (AvgIpc) is 2.08. The lowest BCUT2D eigenvalue weighted by Crippen LogP contribution is -2.01. The fourth-order valence-corrected chi connectivity index (χ4v) is 1.37. The highest BCUT2D eigenvalue weighted by Gasteiger charge is 2.03. The van der Waals surface area contributed by atoms with Crippen molar-refractivity contribution in [1.82, 2.24) is 0 Å². The largest absolute Gasteiger partial charge is 0.492 e. The number of benzene rings is 1. The lowest BCUT2D eigenvalue weighted by atomic mass is 10.3. The molecule has 0 spiro atoms. The standard InChI is InChI=1S/C9H7Cl3O2/c10-6-1-2-8(7(11)5-6)14-4-3-9(12)13/h1-2,5H,3-4H2. The van der Waals surface area contributed by atoms with E-state index in [9.17, 15) is 4.79 Å². The minimum absolute atomic E-state index is 0.153. The zero-order chi connectivity index (χ0) is 10.6. The van der Waals surface area contributed by atoms with E-state index in [0.717, 1.165) is 0 Å². The maximum Gasteiger partial charge on any atom is 0.225 e. The lowest BCUT2D eigenvalue weighted by Gasteiger charge is -2.06. The highest BCUT2D eigenvalue weighted by atomic mass is 35.5. The van der Waals surface area contributed by atoms with Crippen LogP contribution in [0.15, 0.2) is 18.2 Å². The van der Waals surface area contributed by atoms with Gasteiger partial charge in [-0.3, -0.25) is 4.79 Å². The molecule has 2 nitrogen and oxygen atoms in total. The van der Waals surface area contributed by atoms with Crippen LogP contribution in [-0.4, -0.2) is 11.8 Å². The second-order valence-electron chi connectivity index (χ2n) is 2.53. The first-order chi connectivity index (χ1) is 6.59. The van der Waals surface area contributed by atoms with E-state index in [2.05, 4.69) is 0 Å². The zero-order valence-corrected chi connectivity index (χ0v) is 9.36. The van der Waals surface area contributed by atoms with E-state index in [-0.39, 0.29) is 13.0 Å². The van der Waals surface area contributed by atoms with Gasteiger partial charge in [-0.25, -0.2) is 0 Å². The Labute approximate surface area is 96.7 Å². The van der Waals surface area contributed by atoms with Gasteiger partial charge in [0.1, 0.15) is 5.75 Å². The molecule has 14 heavy (non-hydrogen) atoms. The Hall–Kier alpha value is -0.440. The van der Waals surface area contributed by atoms with Crippen molar-refractivity contribution in [1.29, 1.82) is 0 Å². The Balaban J connectivity index is 2.55. The molecule has 76 valence electrons. The van der Waals surface area contributed by atoms with Crippen LogP contribution in [0.25, 0.3) is 0 Å². The Morgan fingerprint density at radius 2 is 2.07 bits per heavy atom.